The Morgan fingerprint density at radius 1 is 1.33 bits per heavy atom. The number of likely N-dealkylation sites (tertiary alicyclic amines) is 1. The average Bonchev–Trinajstić information content (AvgIpc) is 2.59. The first kappa shape index (κ1) is 7.67. The van der Waals surface area contributed by atoms with E-state index in [2.05, 4.69) is 25.5 Å². The Morgan fingerprint density at radius 2 is 2.17 bits per heavy atom. The molecule has 1 aromatic heterocycles. The first-order valence-electron chi connectivity index (χ1n) is 4.45. The first-order chi connectivity index (χ1) is 5.95. The number of nitrogens with one attached hydrogen (secondary N) is 2. The Labute approximate surface area is 71.1 Å². The summed E-state index contributed by atoms with van der Waals surface area (Å²) in [4.78, 5) is 2.40. The molecule has 66 valence electrons. The maximum atomic E-state index is 3.91. The van der Waals surface area contributed by atoms with Gasteiger partial charge in [0.1, 0.15) is 5.10 Å². The van der Waals surface area contributed by atoms with Gasteiger partial charge >= 0.3 is 5.82 Å². The molecule has 0 amide bonds. The molecule has 0 atom stereocenters. The second kappa shape index (κ2) is 3.62. The van der Waals surface area contributed by atoms with Gasteiger partial charge in [0.15, 0.2) is 5.21 Å². The van der Waals surface area contributed by atoms with Gasteiger partial charge in [-0.15, -0.1) is 0 Å². The molecule has 1 saturated heterocycles. The van der Waals surface area contributed by atoms with Crippen molar-refractivity contribution in [1.29, 1.82) is 0 Å². The molecule has 1 aliphatic heterocycles. The Morgan fingerprint density at radius 3 is 2.83 bits per heavy atom. The summed E-state index contributed by atoms with van der Waals surface area (Å²) in [5.74, 6) is 0.928. The van der Waals surface area contributed by atoms with Gasteiger partial charge in [0.2, 0.25) is 0 Å². The summed E-state index contributed by atoms with van der Waals surface area (Å²) in [5.41, 5.74) is 0. The van der Waals surface area contributed by atoms with Crippen LogP contribution in [0.15, 0.2) is 0 Å². The summed E-state index contributed by atoms with van der Waals surface area (Å²) in [5, 5.41) is 13.0. The van der Waals surface area contributed by atoms with Gasteiger partial charge in [-0.1, -0.05) is 11.6 Å². The minimum Gasteiger partial charge on any atom is -0.293 e. The smallest absolute Gasteiger partial charge is 0.293 e. The van der Waals surface area contributed by atoms with Crippen LogP contribution in [0.3, 0.4) is 0 Å². The lowest BCUT2D eigenvalue weighted by atomic mass is 10.1. The van der Waals surface area contributed by atoms with E-state index in [0.717, 1.165) is 12.4 Å². The van der Waals surface area contributed by atoms with Crippen LogP contribution in [0.1, 0.15) is 25.1 Å². The van der Waals surface area contributed by atoms with Crippen molar-refractivity contribution in [3.8, 4) is 0 Å². The molecular weight excluding hydrogens is 154 g/mol. The SMILES string of the molecule is C1CCN(Cc2nn[nH][nH+]2)CC1. The van der Waals surface area contributed by atoms with E-state index in [1.165, 1.54) is 32.4 Å². The quantitative estimate of drug-likeness (QED) is 0.654. The predicted octanol–water partition coefficient (Wildman–Crippen LogP) is -0.395. The van der Waals surface area contributed by atoms with Gasteiger partial charge in [-0.3, -0.25) is 4.90 Å². The van der Waals surface area contributed by atoms with Crippen molar-refractivity contribution < 1.29 is 5.10 Å². The number of nitrogens with zero attached hydrogens (tertiary/aromatic N) is 3. The van der Waals surface area contributed by atoms with Crippen LogP contribution in [0.2, 0.25) is 0 Å². The van der Waals surface area contributed by atoms with Crippen molar-refractivity contribution in [2.24, 2.45) is 0 Å². The molecule has 2 heterocycles. The molecule has 2 N–H and O–H groups in total. The van der Waals surface area contributed by atoms with Gasteiger partial charge in [-0.25, -0.2) is 0 Å². The van der Waals surface area contributed by atoms with Crippen LogP contribution in [0, 0.1) is 0 Å². The van der Waals surface area contributed by atoms with E-state index in [9.17, 15) is 0 Å². The van der Waals surface area contributed by atoms with E-state index < -0.39 is 0 Å². The third-order valence-electron chi connectivity index (χ3n) is 2.24. The highest BCUT2D eigenvalue weighted by molar-refractivity contribution is 4.71. The van der Waals surface area contributed by atoms with E-state index in [0.29, 0.717) is 0 Å². The topological polar surface area (TPSA) is 59.0 Å². The molecule has 1 aromatic rings. The normalized spacial score (nSPS) is 19.7. The van der Waals surface area contributed by atoms with Gasteiger partial charge in [0, 0.05) is 0 Å². The van der Waals surface area contributed by atoms with Crippen molar-refractivity contribution in [2.45, 2.75) is 25.8 Å². The van der Waals surface area contributed by atoms with Crippen LogP contribution in [0.4, 0.5) is 0 Å². The van der Waals surface area contributed by atoms with E-state index in [1.54, 1.807) is 0 Å². The molecule has 5 nitrogen and oxygen atoms in total. The molecule has 1 aliphatic rings. The first-order valence-corrected chi connectivity index (χ1v) is 4.45. The van der Waals surface area contributed by atoms with Gasteiger partial charge < -0.3 is 0 Å². The summed E-state index contributed by atoms with van der Waals surface area (Å²) in [7, 11) is 0. The van der Waals surface area contributed by atoms with Gasteiger partial charge in [-0.2, -0.15) is 5.10 Å². The van der Waals surface area contributed by atoms with Crippen molar-refractivity contribution >= 4 is 0 Å². The number of hydrogen-bond acceptors (Lipinski definition) is 3. The number of rotatable bonds is 2. The maximum Gasteiger partial charge on any atom is 0.312 e. The lowest BCUT2D eigenvalue weighted by Crippen LogP contribution is -2.31. The second-order valence-electron chi connectivity index (χ2n) is 3.22. The zero-order valence-electron chi connectivity index (χ0n) is 7.08. The second-order valence-corrected chi connectivity index (χ2v) is 3.22. The van der Waals surface area contributed by atoms with Crippen molar-refractivity contribution in [3.63, 3.8) is 0 Å². The Hall–Kier alpha value is -0.970. The lowest BCUT2D eigenvalue weighted by molar-refractivity contribution is -0.468. The van der Waals surface area contributed by atoms with Gasteiger partial charge in [0.25, 0.3) is 0 Å². The van der Waals surface area contributed by atoms with E-state index >= 15 is 0 Å². The van der Waals surface area contributed by atoms with Gasteiger partial charge in [0.05, 0.1) is 6.54 Å². The summed E-state index contributed by atoms with van der Waals surface area (Å²) in [6.07, 6.45) is 4.01. The fourth-order valence-electron chi connectivity index (χ4n) is 1.60. The predicted molar refractivity (Wildman–Crippen MR) is 42.1 cm³/mol. The van der Waals surface area contributed by atoms with Crippen LogP contribution < -0.4 is 5.10 Å². The monoisotopic (exact) mass is 168 g/mol. The average molecular weight is 168 g/mol. The largest absolute Gasteiger partial charge is 0.312 e. The molecule has 0 spiro atoms. The molecule has 0 bridgehead atoms. The molecule has 0 aromatic carbocycles. The molecule has 0 radical (unpaired) electrons. The number of aromatic nitrogens is 4. The van der Waals surface area contributed by atoms with Crippen LogP contribution in [-0.2, 0) is 6.54 Å². The summed E-state index contributed by atoms with van der Waals surface area (Å²) in [6, 6.07) is 0. The van der Waals surface area contributed by atoms with Crippen LogP contribution in [-0.4, -0.2) is 33.5 Å². The summed E-state index contributed by atoms with van der Waals surface area (Å²) in [6.45, 7) is 3.29. The van der Waals surface area contributed by atoms with E-state index in [-0.39, 0.29) is 0 Å². The Kier molecular flexibility index (Phi) is 2.31. The van der Waals surface area contributed by atoms with Crippen LogP contribution in [0.25, 0.3) is 0 Å². The highest BCUT2D eigenvalue weighted by atomic mass is 15.5. The molecule has 12 heavy (non-hydrogen) atoms. The number of aromatic amines is 2. The highest BCUT2D eigenvalue weighted by Gasteiger charge is 2.15. The number of piperidine rings is 1. The Balaban J connectivity index is 1.86. The fourth-order valence-corrected chi connectivity index (χ4v) is 1.60. The molecule has 5 heteroatoms. The molecule has 0 unspecified atom stereocenters. The zero-order chi connectivity index (χ0) is 8.23. The third-order valence-corrected chi connectivity index (χ3v) is 2.24. The molecule has 0 saturated carbocycles. The Bertz CT molecular complexity index is 214. The standard InChI is InChI=1S/C7H13N5/c1-2-4-12(5-3-1)6-7-8-10-11-9-7/h1-6H2,(H,8,9,10,11)/p+1. The number of tetrazole rings is 1. The summed E-state index contributed by atoms with van der Waals surface area (Å²) >= 11 is 0. The summed E-state index contributed by atoms with van der Waals surface area (Å²) < 4.78 is 0. The fraction of sp³-hybridized carbons (Fsp3) is 0.857. The van der Waals surface area contributed by atoms with E-state index in [1.807, 2.05) is 0 Å². The molecule has 2 rings (SSSR count). The highest BCUT2D eigenvalue weighted by Crippen LogP contribution is 2.09. The lowest BCUT2D eigenvalue weighted by Gasteiger charge is -2.23. The van der Waals surface area contributed by atoms with Crippen LogP contribution >= 0.6 is 0 Å². The van der Waals surface area contributed by atoms with Gasteiger partial charge in [-0.05, 0) is 25.9 Å². The number of H-pyrrole nitrogens is 2. The zero-order valence-corrected chi connectivity index (χ0v) is 7.08. The molecular formula is C7H14N5+. The third kappa shape index (κ3) is 1.79. The molecule has 1 fully saturated rings. The minimum absolute atomic E-state index is 0.899. The van der Waals surface area contributed by atoms with Crippen molar-refractivity contribution in [3.05, 3.63) is 5.82 Å². The number of hydrogen-bond donors (Lipinski definition) is 1. The molecule has 0 aliphatic carbocycles. The van der Waals surface area contributed by atoms with Crippen molar-refractivity contribution in [2.75, 3.05) is 13.1 Å². The van der Waals surface area contributed by atoms with E-state index in [4.69, 9.17) is 0 Å². The minimum atomic E-state index is 0.899. The maximum absolute atomic E-state index is 3.91. The van der Waals surface area contributed by atoms with Crippen molar-refractivity contribution in [1.82, 2.24) is 20.4 Å². The van der Waals surface area contributed by atoms with Crippen LogP contribution in [0.5, 0.6) is 0 Å².